The first-order chi connectivity index (χ1) is 18.9. The normalized spacial score (nSPS) is 13.7. The van der Waals surface area contributed by atoms with Crippen molar-refractivity contribution in [2.75, 3.05) is 0 Å². The molecule has 4 aromatic carbocycles. The Bertz CT molecular complexity index is 2010. The van der Waals surface area contributed by atoms with Gasteiger partial charge in [0.1, 0.15) is 0 Å². The van der Waals surface area contributed by atoms with Gasteiger partial charge in [0.15, 0.2) is 0 Å². The number of aryl methyl sites for hydroxylation is 2. The quantitative estimate of drug-likeness (QED) is 0.183. The second kappa shape index (κ2) is 8.68. The van der Waals surface area contributed by atoms with Crippen molar-refractivity contribution in [3.05, 3.63) is 113 Å². The molecule has 2 aromatic heterocycles. The monoisotopic (exact) mass is 571 g/mol. The van der Waals surface area contributed by atoms with Gasteiger partial charge in [-0.1, -0.05) is 0 Å². The summed E-state index contributed by atoms with van der Waals surface area (Å²) in [5.74, 6) is 0. The van der Waals surface area contributed by atoms with E-state index in [1.807, 2.05) is 18.2 Å². The van der Waals surface area contributed by atoms with Crippen LogP contribution in [0.4, 0.5) is 0 Å². The van der Waals surface area contributed by atoms with Gasteiger partial charge in [-0.15, -0.1) is 0 Å². The van der Waals surface area contributed by atoms with E-state index in [-0.39, 0.29) is 20.4 Å². The summed E-state index contributed by atoms with van der Waals surface area (Å²) in [5, 5.41) is 12.3. The molecule has 0 saturated carbocycles. The van der Waals surface area contributed by atoms with Crippen molar-refractivity contribution in [3.63, 3.8) is 0 Å². The number of nitrogens with zero attached hydrogens (tertiary/aromatic N) is 2. The van der Waals surface area contributed by atoms with Gasteiger partial charge in [-0.3, -0.25) is 0 Å². The van der Waals surface area contributed by atoms with E-state index in [1.54, 1.807) is 0 Å². The van der Waals surface area contributed by atoms with Crippen LogP contribution >= 0.6 is 0 Å². The second-order valence-corrected chi connectivity index (χ2v) is 13.1. The van der Waals surface area contributed by atoms with Crippen molar-refractivity contribution < 1.29 is 8.98 Å². The molecule has 0 N–H and O–H groups in total. The van der Waals surface area contributed by atoms with Crippen molar-refractivity contribution in [1.29, 1.82) is 5.26 Å². The van der Waals surface area contributed by atoms with E-state index in [0.29, 0.717) is 5.56 Å². The van der Waals surface area contributed by atoms with Gasteiger partial charge in [0.05, 0.1) is 0 Å². The summed E-state index contributed by atoms with van der Waals surface area (Å²) in [6.07, 6.45) is 2.06. The number of pyridine rings is 1. The Morgan fingerprint density at radius 2 is 1.51 bits per heavy atom. The van der Waals surface area contributed by atoms with Crippen LogP contribution in [0.3, 0.4) is 0 Å². The second-order valence-electron chi connectivity index (χ2n) is 10.8. The summed E-state index contributed by atoms with van der Waals surface area (Å²) in [7, 11) is 2.06. The zero-order chi connectivity index (χ0) is 26.9. The first-order valence-electron chi connectivity index (χ1n) is 13.1. The molecule has 0 spiro atoms. The molecule has 0 atom stereocenters. The molecule has 3 heterocycles. The Kier molecular flexibility index (Phi) is 5.32. The predicted molar refractivity (Wildman–Crippen MR) is 159 cm³/mol. The summed E-state index contributed by atoms with van der Waals surface area (Å²) < 4.78 is 11.7. The Hall–Kier alpha value is -4.16. The van der Waals surface area contributed by atoms with Gasteiger partial charge in [0.2, 0.25) is 0 Å². The van der Waals surface area contributed by atoms with Gasteiger partial charge >= 0.3 is 235 Å². The molecule has 0 radical (unpaired) electrons. The molecule has 0 saturated heterocycles. The molecule has 0 unspecified atom stereocenters. The average molecular weight is 571 g/mol. The maximum absolute atomic E-state index is 10.2. The number of benzene rings is 4. The van der Waals surface area contributed by atoms with Gasteiger partial charge in [-0.2, -0.15) is 0 Å². The van der Waals surface area contributed by atoms with E-state index in [1.165, 1.54) is 20.1 Å². The first kappa shape index (κ1) is 23.9. The minimum absolute atomic E-state index is 0.0640. The van der Waals surface area contributed by atoms with E-state index >= 15 is 0 Å². The van der Waals surface area contributed by atoms with Gasteiger partial charge in [-0.25, -0.2) is 0 Å². The van der Waals surface area contributed by atoms with E-state index in [9.17, 15) is 5.26 Å². The number of hydrogen-bond donors (Lipinski definition) is 0. The van der Waals surface area contributed by atoms with Crippen molar-refractivity contribution >= 4 is 45.8 Å². The Morgan fingerprint density at radius 3 is 2.31 bits per heavy atom. The molecule has 4 heteroatoms. The number of aromatic nitrogens is 1. The van der Waals surface area contributed by atoms with Crippen molar-refractivity contribution in [2.45, 2.75) is 26.2 Å². The van der Waals surface area contributed by atoms with Crippen LogP contribution in [0.1, 0.15) is 36.1 Å². The average Bonchev–Trinajstić information content (AvgIpc) is 3.31. The number of fused-ring (bicyclic) bond motifs is 5. The molecule has 6 aromatic rings. The summed E-state index contributed by atoms with van der Waals surface area (Å²) >= 11 is 0.193. The Balaban J connectivity index is 1.50. The summed E-state index contributed by atoms with van der Waals surface area (Å²) in [6, 6.07) is 32.5. The molecule has 3 nitrogen and oxygen atoms in total. The fourth-order valence-electron chi connectivity index (χ4n) is 6.10. The zero-order valence-electron chi connectivity index (χ0n) is 22.4. The van der Waals surface area contributed by atoms with E-state index < -0.39 is 0 Å². The third kappa shape index (κ3) is 3.51. The van der Waals surface area contributed by atoms with Crippen molar-refractivity contribution in [1.82, 2.24) is 0 Å². The molecule has 0 amide bonds. The molecule has 1 aliphatic heterocycles. The standard InChI is InChI=1S/C35H27N2OSe/c1-21-12-15-24-25-16-13-23(20-36)32(34(25)38-33(24)31(21)28-10-7-8-18-37(28)4)22-14-17-27-30(19-22)39-29-11-6-5-9-26(29)35(27,2)3/h5-19H,1-4H3/q+1. The number of nitriles is 1. The minimum atomic E-state index is -0.0640. The van der Waals surface area contributed by atoms with E-state index in [4.69, 9.17) is 4.42 Å². The van der Waals surface area contributed by atoms with Crippen LogP contribution in [0.2, 0.25) is 0 Å². The van der Waals surface area contributed by atoms with Crippen LogP contribution in [-0.2, 0) is 12.5 Å². The van der Waals surface area contributed by atoms with Crippen LogP contribution in [0, 0.1) is 18.3 Å². The molecule has 0 fully saturated rings. The number of rotatable bonds is 2. The number of furan rings is 1. The van der Waals surface area contributed by atoms with Crippen LogP contribution in [-0.4, -0.2) is 15.0 Å². The molecule has 0 bridgehead atoms. The van der Waals surface area contributed by atoms with Crippen molar-refractivity contribution in [3.8, 4) is 28.5 Å². The van der Waals surface area contributed by atoms with Crippen LogP contribution < -0.4 is 13.5 Å². The molecule has 188 valence electrons. The molecule has 39 heavy (non-hydrogen) atoms. The first-order valence-corrected chi connectivity index (χ1v) is 14.9. The molecular weight excluding hydrogens is 543 g/mol. The fraction of sp³-hybridized carbons (Fsp3) is 0.143. The van der Waals surface area contributed by atoms with E-state index in [0.717, 1.165) is 49.9 Å². The van der Waals surface area contributed by atoms with Crippen LogP contribution in [0.5, 0.6) is 0 Å². The third-order valence-corrected chi connectivity index (χ3v) is 10.6. The van der Waals surface area contributed by atoms with Crippen molar-refractivity contribution in [2.24, 2.45) is 7.05 Å². The Morgan fingerprint density at radius 1 is 0.795 bits per heavy atom. The van der Waals surface area contributed by atoms with Gasteiger partial charge in [0.25, 0.3) is 0 Å². The fourth-order valence-corrected chi connectivity index (χ4v) is 9.11. The molecule has 0 aliphatic carbocycles. The van der Waals surface area contributed by atoms with E-state index in [2.05, 4.69) is 111 Å². The molecule has 1 aliphatic rings. The van der Waals surface area contributed by atoms with Crippen LogP contribution in [0.25, 0.3) is 44.3 Å². The summed E-state index contributed by atoms with van der Waals surface area (Å²) in [6.45, 7) is 6.75. The summed E-state index contributed by atoms with van der Waals surface area (Å²) in [4.78, 5) is 0. The van der Waals surface area contributed by atoms with Gasteiger partial charge < -0.3 is 0 Å². The summed E-state index contributed by atoms with van der Waals surface area (Å²) in [5.41, 5.74) is 10.2. The maximum atomic E-state index is 10.2. The van der Waals surface area contributed by atoms with Gasteiger partial charge in [0, 0.05) is 0 Å². The van der Waals surface area contributed by atoms with Crippen LogP contribution in [0.15, 0.2) is 95.5 Å². The zero-order valence-corrected chi connectivity index (χ0v) is 24.1. The van der Waals surface area contributed by atoms with Gasteiger partial charge in [-0.05, 0) is 0 Å². The number of hydrogen-bond acceptors (Lipinski definition) is 2. The third-order valence-electron chi connectivity index (χ3n) is 8.17. The Labute approximate surface area is 234 Å². The molecular formula is C35H27N2OSe+. The predicted octanol–water partition coefficient (Wildman–Crippen LogP) is 6.22. The SMILES string of the molecule is Cc1ccc2c(oc3c(-c4ccc5c(c4)[Se]c4ccccc4C5(C)C)c(C#N)ccc32)c1-c1cccc[n+]1C. The molecule has 7 rings (SSSR count). The topological polar surface area (TPSA) is 40.8 Å².